The van der Waals surface area contributed by atoms with Crippen molar-refractivity contribution in [3.8, 4) is 0 Å². The number of morpholine rings is 1. The highest BCUT2D eigenvalue weighted by molar-refractivity contribution is 7.91. The minimum Gasteiger partial charge on any atom is -0.388 e. The zero-order chi connectivity index (χ0) is 16.4. The van der Waals surface area contributed by atoms with Crippen LogP contribution in [0, 0.1) is 6.92 Å². The first-order chi connectivity index (χ1) is 11.0. The van der Waals surface area contributed by atoms with Crippen LogP contribution in [0.1, 0.15) is 17.5 Å². The normalized spacial score (nSPS) is 19.7. The SMILES string of the molecule is CNc1cc(C)nc([C@@H]2CN(S(=O)(=O)c3cccs3)CCO2)c1. The molecule has 1 N–H and O–H groups in total. The molecule has 0 spiro atoms. The lowest BCUT2D eigenvalue weighted by Gasteiger charge is -2.31. The van der Waals surface area contributed by atoms with E-state index in [2.05, 4.69) is 10.3 Å². The van der Waals surface area contributed by atoms with Crippen molar-refractivity contribution in [1.29, 1.82) is 0 Å². The van der Waals surface area contributed by atoms with E-state index in [1.807, 2.05) is 26.1 Å². The van der Waals surface area contributed by atoms with Crippen molar-refractivity contribution in [2.24, 2.45) is 0 Å². The van der Waals surface area contributed by atoms with Gasteiger partial charge in [-0.15, -0.1) is 11.3 Å². The summed E-state index contributed by atoms with van der Waals surface area (Å²) in [6.45, 7) is 2.91. The van der Waals surface area contributed by atoms with E-state index in [0.717, 1.165) is 17.1 Å². The maximum Gasteiger partial charge on any atom is 0.252 e. The van der Waals surface area contributed by atoms with E-state index in [-0.39, 0.29) is 12.6 Å². The second-order valence-electron chi connectivity index (χ2n) is 5.33. The van der Waals surface area contributed by atoms with Crippen LogP contribution in [0.3, 0.4) is 0 Å². The summed E-state index contributed by atoms with van der Waals surface area (Å²) in [6, 6.07) is 7.22. The molecule has 1 atom stereocenters. The van der Waals surface area contributed by atoms with Gasteiger partial charge in [-0.1, -0.05) is 6.07 Å². The number of aromatic nitrogens is 1. The van der Waals surface area contributed by atoms with E-state index in [1.54, 1.807) is 17.5 Å². The maximum absolute atomic E-state index is 12.7. The number of aryl methyl sites for hydroxylation is 1. The van der Waals surface area contributed by atoms with Gasteiger partial charge in [0.25, 0.3) is 10.0 Å². The van der Waals surface area contributed by atoms with Crippen molar-refractivity contribution in [2.75, 3.05) is 32.1 Å². The second kappa shape index (κ2) is 6.56. The molecule has 0 amide bonds. The molecule has 1 aliphatic rings. The van der Waals surface area contributed by atoms with Gasteiger partial charge in [-0.25, -0.2) is 8.42 Å². The molecule has 0 bridgehead atoms. The summed E-state index contributed by atoms with van der Waals surface area (Å²) in [6.07, 6.45) is -0.356. The highest BCUT2D eigenvalue weighted by Crippen LogP contribution is 2.28. The van der Waals surface area contributed by atoms with Crippen molar-refractivity contribution < 1.29 is 13.2 Å². The van der Waals surface area contributed by atoms with Gasteiger partial charge in [-0.3, -0.25) is 4.98 Å². The van der Waals surface area contributed by atoms with Crippen LogP contribution in [0.4, 0.5) is 5.69 Å². The molecule has 3 heterocycles. The molecule has 1 aliphatic heterocycles. The lowest BCUT2D eigenvalue weighted by Crippen LogP contribution is -2.42. The minimum atomic E-state index is -3.46. The molecule has 1 fully saturated rings. The maximum atomic E-state index is 12.7. The van der Waals surface area contributed by atoms with Gasteiger partial charge < -0.3 is 10.1 Å². The summed E-state index contributed by atoms with van der Waals surface area (Å²) >= 11 is 1.23. The fourth-order valence-corrected chi connectivity index (χ4v) is 5.13. The number of nitrogens with one attached hydrogen (secondary N) is 1. The van der Waals surface area contributed by atoms with Crippen molar-refractivity contribution in [1.82, 2.24) is 9.29 Å². The van der Waals surface area contributed by atoms with E-state index in [0.29, 0.717) is 17.4 Å². The Bertz CT molecular complexity index is 775. The number of thiophene rings is 1. The number of anilines is 1. The van der Waals surface area contributed by atoms with E-state index >= 15 is 0 Å². The van der Waals surface area contributed by atoms with Crippen LogP contribution in [0.2, 0.25) is 0 Å². The van der Waals surface area contributed by atoms with Crippen LogP contribution < -0.4 is 5.32 Å². The third kappa shape index (κ3) is 3.40. The van der Waals surface area contributed by atoms with Gasteiger partial charge in [0.1, 0.15) is 10.3 Å². The van der Waals surface area contributed by atoms with E-state index in [9.17, 15) is 8.42 Å². The lowest BCUT2D eigenvalue weighted by molar-refractivity contribution is -0.00491. The van der Waals surface area contributed by atoms with Crippen molar-refractivity contribution >= 4 is 27.0 Å². The molecule has 2 aromatic heterocycles. The average Bonchev–Trinajstić information content (AvgIpc) is 3.09. The second-order valence-corrected chi connectivity index (χ2v) is 8.44. The zero-order valence-electron chi connectivity index (χ0n) is 13.0. The number of hydrogen-bond donors (Lipinski definition) is 1. The van der Waals surface area contributed by atoms with Gasteiger partial charge in [0.2, 0.25) is 0 Å². The van der Waals surface area contributed by atoms with Gasteiger partial charge in [-0.2, -0.15) is 4.31 Å². The van der Waals surface area contributed by atoms with E-state index in [4.69, 9.17) is 4.74 Å². The minimum absolute atomic E-state index is 0.278. The molecule has 1 saturated heterocycles. The summed E-state index contributed by atoms with van der Waals surface area (Å²) in [4.78, 5) is 4.50. The van der Waals surface area contributed by atoms with E-state index in [1.165, 1.54) is 15.6 Å². The quantitative estimate of drug-likeness (QED) is 0.913. The molecule has 2 aromatic rings. The van der Waals surface area contributed by atoms with Gasteiger partial charge in [0.05, 0.1) is 12.3 Å². The number of ether oxygens (including phenoxy) is 1. The molecule has 3 rings (SSSR count). The Kier molecular flexibility index (Phi) is 4.67. The van der Waals surface area contributed by atoms with Gasteiger partial charge in [0.15, 0.2) is 0 Å². The van der Waals surface area contributed by atoms with Crippen LogP contribution in [0.25, 0.3) is 0 Å². The summed E-state index contributed by atoms with van der Waals surface area (Å²) in [5.74, 6) is 0. The van der Waals surface area contributed by atoms with Crippen molar-refractivity contribution in [3.05, 3.63) is 41.0 Å². The predicted molar refractivity (Wildman–Crippen MR) is 90.3 cm³/mol. The topological polar surface area (TPSA) is 71.5 Å². The first-order valence-electron chi connectivity index (χ1n) is 7.32. The Labute approximate surface area is 140 Å². The Hall–Kier alpha value is -1.48. The molecule has 124 valence electrons. The smallest absolute Gasteiger partial charge is 0.252 e. The molecule has 0 radical (unpaired) electrons. The van der Waals surface area contributed by atoms with E-state index < -0.39 is 10.0 Å². The molecule has 23 heavy (non-hydrogen) atoms. The first kappa shape index (κ1) is 16.4. The number of sulfonamides is 1. The van der Waals surface area contributed by atoms with Crippen LogP contribution in [0.5, 0.6) is 0 Å². The summed E-state index contributed by atoms with van der Waals surface area (Å²) in [5.41, 5.74) is 2.56. The third-order valence-corrected chi connectivity index (χ3v) is 6.95. The number of pyridine rings is 1. The van der Waals surface area contributed by atoms with Crippen molar-refractivity contribution in [2.45, 2.75) is 17.2 Å². The molecule has 0 aromatic carbocycles. The van der Waals surface area contributed by atoms with Crippen LogP contribution in [-0.2, 0) is 14.8 Å². The monoisotopic (exact) mass is 353 g/mol. The van der Waals surface area contributed by atoms with Gasteiger partial charge >= 0.3 is 0 Å². The predicted octanol–water partition coefficient (Wildman–Crippen LogP) is 2.26. The largest absolute Gasteiger partial charge is 0.388 e. The highest BCUT2D eigenvalue weighted by Gasteiger charge is 2.32. The lowest BCUT2D eigenvalue weighted by atomic mass is 10.1. The van der Waals surface area contributed by atoms with Gasteiger partial charge in [-0.05, 0) is 30.5 Å². The summed E-state index contributed by atoms with van der Waals surface area (Å²) in [7, 11) is -1.62. The fraction of sp³-hybridized carbons (Fsp3) is 0.400. The number of nitrogens with zero attached hydrogens (tertiary/aromatic N) is 2. The first-order valence-corrected chi connectivity index (χ1v) is 9.64. The number of hydrogen-bond acceptors (Lipinski definition) is 6. The molecule has 0 saturated carbocycles. The Morgan fingerprint density at radius 3 is 2.96 bits per heavy atom. The number of rotatable bonds is 4. The van der Waals surface area contributed by atoms with Gasteiger partial charge in [0, 0.05) is 31.5 Å². The standard InChI is InChI=1S/C15H19N3O3S2/c1-11-8-12(16-2)9-13(17-11)14-10-18(5-6-21-14)23(19,20)15-4-3-7-22-15/h3-4,7-9,14H,5-6,10H2,1-2H3,(H,16,17)/t14-/m0/s1. The molecular weight excluding hydrogens is 334 g/mol. The summed E-state index contributed by atoms with van der Waals surface area (Å²) < 4.78 is 32.9. The Balaban J connectivity index is 1.85. The molecule has 6 nitrogen and oxygen atoms in total. The third-order valence-electron chi connectivity index (χ3n) is 3.71. The van der Waals surface area contributed by atoms with Crippen LogP contribution in [-0.4, -0.2) is 44.5 Å². The molecular formula is C15H19N3O3S2. The average molecular weight is 353 g/mol. The van der Waals surface area contributed by atoms with Crippen LogP contribution in [0.15, 0.2) is 33.9 Å². The molecule has 0 aliphatic carbocycles. The summed E-state index contributed by atoms with van der Waals surface area (Å²) in [5, 5.41) is 4.86. The fourth-order valence-electron chi connectivity index (χ4n) is 2.56. The molecule has 0 unspecified atom stereocenters. The Morgan fingerprint density at radius 1 is 1.43 bits per heavy atom. The van der Waals surface area contributed by atoms with Crippen LogP contribution >= 0.6 is 11.3 Å². The highest BCUT2D eigenvalue weighted by atomic mass is 32.2. The zero-order valence-corrected chi connectivity index (χ0v) is 14.7. The van der Waals surface area contributed by atoms with Crippen molar-refractivity contribution in [3.63, 3.8) is 0 Å². The molecule has 8 heteroatoms. The Morgan fingerprint density at radius 2 is 2.26 bits per heavy atom.